The van der Waals surface area contributed by atoms with Gasteiger partial charge < -0.3 is 11.6 Å². The Morgan fingerprint density at radius 2 is 2.19 bits per heavy atom. The standard InChI is InChI=1S/C17H18FN7OS/c1-17(4-5-27-16(19)23-17)11-6-10(2-3-12(11)18)7-14(26)13-8-22-15(9-21-13)24-25-20/h2-3,6,8-9H,4-5,7H2,1H3,(H2,19,23)(H2,20,22,24)/t17-/m0/s1. The number of thioether (sulfide) groups is 1. The number of carbonyl (C=O) groups is 1. The first-order valence-corrected chi connectivity index (χ1v) is 9.13. The Balaban J connectivity index is 1.83. The van der Waals surface area contributed by atoms with Gasteiger partial charge in [-0.1, -0.05) is 23.1 Å². The summed E-state index contributed by atoms with van der Waals surface area (Å²) in [7, 11) is 0. The SMILES string of the molecule is C[C@@]1(c2cc(CC(=O)c3cnc(N=NN)cn3)ccc2F)CCSC(N)=N1. The molecule has 0 fully saturated rings. The van der Waals surface area contributed by atoms with Crippen LogP contribution in [0.2, 0.25) is 0 Å². The van der Waals surface area contributed by atoms with Gasteiger partial charge >= 0.3 is 0 Å². The monoisotopic (exact) mass is 387 g/mol. The molecule has 140 valence electrons. The second kappa shape index (κ2) is 7.78. The topological polar surface area (TPSA) is 132 Å². The van der Waals surface area contributed by atoms with E-state index in [0.29, 0.717) is 22.7 Å². The van der Waals surface area contributed by atoms with Crippen molar-refractivity contribution in [1.29, 1.82) is 0 Å². The van der Waals surface area contributed by atoms with Gasteiger partial charge in [0.1, 0.15) is 11.5 Å². The van der Waals surface area contributed by atoms with Crippen LogP contribution in [0.3, 0.4) is 0 Å². The zero-order valence-corrected chi connectivity index (χ0v) is 15.4. The number of Topliss-reactive ketones (excluding diaryl/α,β-unsaturated/α-hetero) is 1. The van der Waals surface area contributed by atoms with Crippen molar-refractivity contribution < 1.29 is 9.18 Å². The van der Waals surface area contributed by atoms with Gasteiger partial charge in [-0.2, -0.15) is 0 Å². The van der Waals surface area contributed by atoms with Crippen LogP contribution in [0.25, 0.3) is 0 Å². The molecular formula is C17H18FN7OS. The van der Waals surface area contributed by atoms with Gasteiger partial charge in [-0.05, 0) is 31.0 Å². The van der Waals surface area contributed by atoms with Crippen molar-refractivity contribution in [3.05, 3.63) is 53.2 Å². The lowest BCUT2D eigenvalue weighted by molar-refractivity contribution is 0.0987. The molecule has 0 saturated heterocycles. The molecule has 1 atom stereocenters. The third kappa shape index (κ3) is 4.27. The van der Waals surface area contributed by atoms with Gasteiger partial charge in [-0.25, -0.2) is 14.4 Å². The molecule has 1 aliphatic heterocycles. The fraction of sp³-hybridized carbons (Fsp3) is 0.294. The molecule has 8 nitrogen and oxygen atoms in total. The summed E-state index contributed by atoms with van der Waals surface area (Å²) in [5.41, 5.74) is 6.36. The van der Waals surface area contributed by atoms with Crippen LogP contribution in [0.1, 0.15) is 35.0 Å². The Labute approximate surface area is 159 Å². The number of rotatable bonds is 5. The van der Waals surface area contributed by atoms with Crippen molar-refractivity contribution in [2.45, 2.75) is 25.3 Å². The van der Waals surface area contributed by atoms with Gasteiger partial charge in [0, 0.05) is 17.7 Å². The van der Waals surface area contributed by atoms with Crippen LogP contribution < -0.4 is 11.6 Å². The van der Waals surface area contributed by atoms with E-state index in [1.807, 2.05) is 6.92 Å². The smallest absolute Gasteiger partial charge is 0.194 e. The minimum absolute atomic E-state index is 0.0593. The summed E-state index contributed by atoms with van der Waals surface area (Å²) < 4.78 is 14.5. The summed E-state index contributed by atoms with van der Waals surface area (Å²) in [4.78, 5) is 24.8. The van der Waals surface area contributed by atoms with E-state index in [0.717, 1.165) is 5.75 Å². The van der Waals surface area contributed by atoms with Crippen LogP contribution in [-0.2, 0) is 12.0 Å². The van der Waals surface area contributed by atoms with E-state index < -0.39 is 5.54 Å². The van der Waals surface area contributed by atoms with E-state index in [-0.39, 0.29) is 29.5 Å². The van der Waals surface area contributed by atoms with Crippen molar-refractivity contribution in [1.82, 2.24) is 9.97 Å². The predicted octanol–water partition coefficient (Wildman–Crippen LogP) is 2.67. The van der Waals surface area contributed by atoms with E-state index in [9.17, 15) is 9.18 Å². The number of benzene rings is 1. The largest absolute Gasteiger partial charge is 0.379 e. The minimum Gasteiger partial charge on any atom is -0.379 e. The van der Waals surface area contributed by atoms with Crippen molar-refractivity contribution >= 4 is 28.5 Å². The molecule has 1 aliphatic rings. The van der Waals surface area contributed by atoms with E-state index in [2.05, 4.69) is 25.3 Å². The highest BCUT2D eigenvalue weighted by molar-refractivity contribution is 8.13. The fourth-order valence-electron chi connectivity index (χ4n) is 2.83. The number of hydrogen-bond donors (Lipinski definition) is 2. The number of amidine groups is 1. The maximum atomic E-state index is 14.5. The zero-order valence-electron chi connectivity index (χ0n) is 14.6. The molecule has 1 aromatic heterocycles. The van der Waals surface area contributed by atoms with Crippen molar-refractivity contribution in [3.8, 4) is 0 Å². The second-order valence-electron chi connectivity index (χ2n) is 6.21. The van der Waals surface area contributed by atoms with Gasteiger partial charge in [-0.3, -0.25) is 9.79 Å². The van der Waals surface area contributed by atoms with Crippen molar-refractivity contribution in [2.24, 2.45) is 26.9 Å². The molecular weight excluding hydrogens is 369 g/mol. The lowest BCUT2D eigenvalue weighted by Crippen LogP contribution is -2.29. The molecule has 0 bridgehead atoms. The van der Waals surface area contributed by atoms with Gasteiger partial charge in [-0.15, -0.1) is 5.11 Å². The van der Waals surface area contributed by atoms with E-state index in [4.69, 9.17) is 11.6 Å². The molecule has 0 spiro atoms. The molecule has 0 radical (unpaired) electrons. The summed E-state index contributed by atoms with van der Waals surface area (Å²) in [6.45, 7) is 1.85. The predicted molar refractivity (Wildman–Crippen MR) is 101 cm³/mol. The average molecular weight is 387 g/mol. The summed E-state index contributed by atoms with van der Waals surface area (Å²) in [6.07, 6.45) is 3.33. The summed E-state index contributed by atoms with van der Waals surface area (Å²) in [6, 6.07) is 4.60. The first-order chi connectivity index (χ1) is 12.9. The maximum absolute atomic E-state index is 14.5. The van der Waals surface area contributed by atoms with Crippen LogP contribution in [-0.4, -0.2) is 26.7 Å². The molecule has 27 heavy (non-hydrogen) atoms. The van der Waals surface area contributed by atoms with Crippen molar-refractivity contribution in [2.75, 3.05) is 5.75 Å². The number of carbonyl (C=O) groups excluding carboxylic acids is 1. The lowest BCUT2D eigenvalue weighted by atomic mass is 9.87. The van der Waals surface area contributed by atoms with Gasteiger partial charge in [0.15, 0.2) is 16.8 Å². The molecule has 0 amide bonds. The molecule has 10 heteroatoms. The third-order valence-corrected chi connectivity index (χ3v) is 5.05. The van der Waals surface area contributed by atoms with E-state index in [1.54, 1.807) is 12.1 Å². The number of aliphatic imine (C=N–C) groups is 1. The van der Waals surface area contributed by atoms with Crippen LogP contribution in [0.15, 0.2) is 45.9 Å². The Kier molecular flexibility index (Phi) is 5.45. The normalized spacial score (nSPS) is 19.9. The summed E-state index contributed by atoms with van der Waals surface area (Å²) >= 11 is 1.45. The molecule has 2 aromatic rings. The Bertz CT molecular complexity index is 916. The molecule has 0 unspecified atom stereocenters. The molecule has 1 aromatic carbocycles. The lowest BCUT2D eigenvalue weighted by Gasteiger charge is -2.30. The van der Waals surface area contributed by atoms with E-state index >= 15 is 0 Å². The van der Waals surface area contributed by atoms with Crippen LogP contribution in [0.4, 0.5) is 10.2 Å². The number of nitrogens with zero attached hydrogens (tertiary/aromatic N) is 5. The highest BCUT2D eigenvalue weighted by atomic mass is 32.2. The maximum Gasteiger partial charge on any atom is 0.194 e. The minimum atomic E-state index is -0.743. The highest BCUT2D eigenvalue weighted by Crippen LogP contribution is 2.36. The van der Waals surface area contributed by atoms with Gasteiger partial charge in [0.25, 0.3) is 0 Å². The Morgan fingerprint density at radius 1 is 1.37 bits per heavy atom. The highest BCUT2D eigenvalue weighted by Gasteiger charge is 2.32. The summed E-state index contributed by atoms with van der Waals surface area (Å²) in [5, 5.41) is 7.07. The molecule has 4 N–H and O–H groups in total. The number of nitrogens with two attached hydrogens (primary N) is 2. The number of hydrogen-bond acceptors (Lipinski definition) is 8. The Hall–Kier alpha value is -2.88. The van der Waals surface area contributed by atoms with Gasteiger partial charge in [0.2, 0.25) is 0 Å². The molecule has 2 heterocycles. The average Bonchev–Trinajstić information content (AvgIpc) is 2.64. The second-order valence-corrected chi connectivity index (χ2v) is 7.33. The van der Waals surface area contributed by atoms with Crippen LogP contribution in [0, 0.1) is 5.82 Å². The Morgan fingerprint density at radius 3 is 2.85 bits per heavy atom. The summed E-state index contributed by atoms with van der Waals surface area (Å²) in [5.74, 6) is 5.29. The first kappa shape index (κ1) is 18.9. The zero-order chi connectivity index (χ0) is 19.4. The van der Waals surface area contributed by atoms with E-state index in [1.165, 1.54) is 30.2 Å². The van der Waals surface area contributed by atoms with Crippen molar-refractivity contribution in [3.63, 3.8) is 0 Å². The number of ketones is 1. The quantitative estimate of drug-likeness (QED) is 0.351. The van der Waals surface area contributed by atoms with Crippen LogP contribution in [0.5, 0.6) is 0 Å². The molecule has 3 rings (SSSR count). The molecule has 0 aliphatic carbocycles. The fourth-order valence-corrected chi connectivity index (χ4v) is 3.80. The third-order valence-electron chi connectivity index (χ3n) is 4.26. The number of halogens is 1. The first-order valence-electron chi connectivity index (χ1n) is 8.14. The molecule has 0 saturated carbocycles. The van der Waals surface area contributed by atoms with Gasteiger partial charge in [0.05, 0.1) is 17.9 Å². The number of aromatic nitrogens is 2. The van der Waals surface area contributed by atoms with Crippen LogP contribution >= 0.6 is 11.8 Å².